The van der Waals surface area contributed by atoms with Crippen LogP contribution >= 0.6 is 0 Å². The van der Waals surface area contributed by atoms with E-state index in [0.717, 1.165) is 28.8 Å². The molecule has 1 fully saturated rings. The van der Waals surface area contributed by atoms with Gasteiger partial charge in [0, 0.05) is 17.2 Å². The highest BCUT2D eigenvalue weighted by Crippen LogP contribution is 2.32. The van der Waals surface area contributed by atoms with Gasteiger partial charge in [-0.05, 0) is 35.6 Å². The summed E-state index contributed by atoms with van der Waals surface area (Å²) in [6, 6.07) is 15.8. The van der Waals surface area contributed by atoms with Crippen molar-refractivity contribution in [2.75, 3.05) is 5.73 Å². The summed E-state index contributed by atoms with van der Waals surface area (Å²) < 4.78 is 0. The maximum Gasteiger partial charge on any atom is 0.166 e. The van der Waals surface area contributed by atoms with Crippen LogP contribution in [0.3, 0.4) is 0 Å². The summed E-state index contributed by atoms with van der Waals surface area (Å²) in [7, 11) is 0. The Morgan fingerprint density at radius 1 is 0.909 bits per heavy atom. The summed E-state index contributed by atoms with van der Waals surface area (Å²) >= 11 is 0. The molecule has 1 saturated carbocycles. The lowest BCUT2D eigenvalue weighted by Gasteiger charge is -2.27. The molecule has 3 rings (SSSR count). The van der Waals surface area contributed by atoms with Crippen LogP contribution in [0, 0.1) is 11.8 Å². The normalized spacial score (nSPS) is 21.5. The van der Waals surface area contributed by atoms with Gasteiger partial charge in [0.2, 0.25) is 0 Å². The summed E-state index contributed by atoms with van der Waals surface area (Å²) in [5.74, 6) is 1.03. The van der Waals surface area contributed by atoms with E-state index in [4.69, 9.17) is 5.73 Å². The minimum absolute atomic E-state index is 0.205. The quantitative estimate of drug-likeness (QED) is 0.643. The molecule has 0 heterocycles. The predicted molar refractivity (Wildman–Crippen MR) is 91.7 cm³/mol. The number of Topliss-reactive ketones (excluding diaryl/α,β-unsaturated/α-hetero) is 1. The van der Waals surface area contributed by atoms with E-state index in [1.54, 1.807) is 0 Å². The van der Waals surface area contributed by atoms with E-state index >= 15 is 0 Å². The van der Waals surface area contributed by atoms with Gasteiger partial charge in [0.15, 0.2) is 5.78 Å². The fraction of sp³-hybridized carbons (Fsp3) is 0.350. The Morgan fingerprint density at radius 2 is 1.45 bits per heavy atom. The Hall–Kier alpha value is -2.09. The SMILES string of the molecule is C[C@H]1CCCC[C@H]1C(=O)c1ccc(-c2ccc(N)cc2)cc1. The second-order valence-electron chi connectivity index (χ2n) is 6.43. The van der Waals surface area contributed by atoms with Crippen molar-refractivity contribution >= 4 is 11.5 Å². The molecule has 0 unspecified atom stereocenters. The Bertz CT molecular complexity index is 642. The van der Waals surface area contributed by atoms with Gasteiger partial charge in [-0.25, -0.2) is 0 Å². The second-order valence-corrected chi connectivity index (χ2v) is 6.43. The van der Waals surface area contributed by atoms with Gasteiger partial charge in [-0.1, -0.05) is 62.6 Å². The van der Waals surface area contributed by atoms with E-state index in [-0.39, 0.29) is 5.92 Å². The summed E-state index contributed by atoms with van der Waals surface area (Å²) in [6.45, 7) is 2.21. The number of carbonyl (C=O) groups excluding carboxylic acids is 1. The molecule has 0 saturated heterocycles. The Labute approximate surface area is 132 Å². The maximum atomic E-state index is 12.7. The minimum Gasteiger partial charge on any atom is -0.399 e. The molecule has 0 amide bonds. The zero-order valence-electron chi connectivity index (χ0n) is 13.1. The summed E-state index contributed by atoms with van der Waals surface area (Å²) in [6.07, 6.45) is 4.67. The van der Waals surface area contributed by atoms with Crippen molar-refractivity contribution in [2.24, 2.45) is 11.8 Å². The molecule has 22 heavy (non-hydrogen) atoms. The van der Waals surface area contributed by atoms with Crippen LogP contribution in [0.5, 0.6) is 0 Å². The van der Waals surface area contributed by atoms with Crippen molar-refractivity contribution in [2.45, 2.75) is 32.6 Å². The number of hydrogen-bond donors (Lipinski definition) is 1. The fourth-order valence-corrected chi connectivity index (χ4v) is 3.42. The zero-order valence-corrected chi connectivity index (χ0v) is 13.1. The van der Waals surface area contributed by atoms with Crippen molar-refractivity contribution in [3.8, 4) is 11.1 Å². The number of hydrogen-bond acceptors (Lipinski definition) is 2. The lowest BCUT2D eigenvalue weighted by atomic mass is 9.76. The van der Waals surface area contributed by atoms with Crippen molar-refractivity contribution in [1.82, 2.24) is 0 Å². The Balaban J connectivity index is 1.78. The molecule has 2 aromatic rings. The van der Waals surface area contributed by atoms with Crippen molar-refractivity contribution in [3.63, 3.8) is 0 Å². The molecule has 2 aromatic carbocycles. The van der Waals surface area contributed by atoms with E-state index in [9.17, 15) is 4.79 Å². The first-order valence-electron chi connectivity index (χ1n) is 8.15. The smallest absolute Gasteiger partial charge is 0.166 e. The topological polar surface area (TPSA) is 43.1 Å². The first-order chi connectivity index (χ1) is 10.6. The highest BCUT2D eigenvalue weighted by Gasteiger charge is 2.28. The first kappa shape index (κ1) is 14.8. The van der Waals surface area contributed by atoms with Gasteiger partial charge < -0.3 is 5.73 Å². The summed E-state index contributed by atoms with van der Waals surface area (Å²) in [4.78, 5) is 12.7. The highest BCUT2D eigenvalue weighted by atomic mass is 16.1. The lowest BCUT2D eigenvalue weighted by Crippen LogP contribution is -2.25. The van der Waals surface area contributed by atoms with E-state index in [1.165, 1.54) is 19.3 Å². The van der Waals surface area contributed by atoms with Crippen LogP contribution in [0.4, 0.5) is 5.69 Å². The highest BCUT2D eigenvalue weighted by molar-refractivity contribution is 5.98. The molecule has 2 heteroatoms. The number of anilines is 1. The molecular weight excluding hydrogens is 270 g/mol. The second kappa shape index (κ2) is 6.35. The van der Waals surface area contributed by atoms with Gasteiger partial charge in [-0.2, -0.15) is 0 Å². The third kappa shape index (κ3) is 3.06. The van der Waals surface area contributed by atoms with Crippen LogP contribution in [0.15, 0.2) is 48.5 Å². The van der Waals surface area contributed by atoms with Crippen LogP contribution in [0.25, 0.3) is 11.1 Å². The molecule has 2 N–H and O–H groups in total. The minimum atomic E-state index is 0.205. The molecule has 0 bridgehead atoms. The summed E-state index contributed by atoms with van der Waals surface area (Å²) in [5, 5.41) is 0. The van der Waals surface area contributed by atoms with Gasteiger partial charge in [0.1, 0.15) is 0 Å². The standard InChI is InChI=1S/C20H23NO/c1-14-4-2-3-5-19(14)20(22)17-8-6-15(7-9-17)16-10-12-18(21)13-11-16/h6-14,19H,2-5,21H2,1H3/t14-,19+/m0/s1. The zero-order chi connectivity index (χ0) is 15.5. The molecule has 0 spiro atoms. The molecule has 0 aliphatic heterocycles. The summed E-state index contributed by atoms with van der Waals surface area (Å²) in [5.41, 5.74) is 9.57. The number of rotatable bonds is 3. The third-order valence-corrected chi connectivity index (χ3v) is 4.86. The maximum absolute atomic E-state index is 12.7. The Kier molecular flexibility index (Phi) is 4.28. The van der Waals surface area contributed by atoms with Gasteiger partial charge in [-0.15, -0.1) is 0 Å². The molecule has 2 nitrogen and oxygen atoms in total. The largest absolute Gasteiger partial charge is 0.399 e. The predicted octanol–water partition coefficient (Wildman–Crippen LogP) is 4.94. The average Bonchev–Trinajstić information content (AvgIpc) is 2.56. The first-order valence-corrected chi connectivity index (χ1v) is 8.15. The van der Waals surface area contributed by atoms with Crippen molar-refractivity contribution < 1.29 is 4.79 Å². The van der Waals surface area contributed by atoms with Crippen LogP contribution < -0.4 is 5.73 Å². The van der Waals surface area contributed by atoms with Crippen LogP contribution in [-0.2, 0) is 0 Å². The monoisotopic (exact) mass is 293 g/mol. The van der Waals surface area contributed by atoms with Gasteiger partial charge in [-0.3, -0.25) is 4.79 Å². The van der Waals surface area contributed by atoms with Crippen LogP contribution in [0.1, 0.15) is 43.0 Å². The molecule has 2 atom stereocenters. The molecule has 1 aliphatic rings. The van der Waals surface area contributed by atoms with E-state index in [0.29, 0.717) is 11.7 Å². The molecule has 114 valence electrons. The molecular formula is C20H23NO. The average molecular weight is 293 g/mol. The van der Waals surface area contributed by atoms with Gasteiger partial charge in [0.25, 0.3) is 0 Å². The van der Waals surface area contributed by atoms with Gasteiger partial charge >= 0.3 is 0 Å². The Morgan fingerprint density at radius 3 is 2.05 bits per heavy atom. The van der Waals surface area contributed by atoms with Gasteiger partial charge in [0.05, 0.1) is 0 Å². The van der Waals surface area contributed by atoms with Crippen molar-refractivity contribution in [1.29, 1.82) is 0 Å². The fourth-order valence-electron chi connectivity index (χ4n) is 3.42. The van der Waals surface area contributed by atoms with E-state index in [2.05, 4.69) is 6.92 Å². The van der Waals surface area contributed by atoms with Crippen LogP contribution in [-0.4, -0.2) is 5.78 Å². The van der Waals surface area contributed by atoms with E-state index in [1.807, 2.05) is 48.5 Å². The molecule has 0 aromatic heterocycles. The number of nitrogen functional groups attached to an aromatic ring is 1. The third-order valence-electron chi connectivity index (χ3n) is 4.86. The lowest BCUT2D eigenvalue weighted by molar-refractivity contribution is 0.0837. The van der Waals surface area contributed by atoms with Crippen LogP contribution in [0.2, 0.25) is 0 Å². The number of nitrogens with two attached hydrogens (primary N) is 1. The number of carbonyl (C=O) groups is 1. The number of benzene rings is 2. The molecule has 0 radical (unpaired) electrons. The number of ketones is 1. The molecule has 1 aliphatic carbocycles. The van der Waals surface area contributed by atoms with Crippen molar-refractivity contribution in [3.05, 3.63) is 54.1 Å². The van der Waals surface area contributed by atoms with E-state index < -0.39 is 0 Å².